The maximum Gasteiger partial charge on any atom is 0.119 e. The smallest absolute Gasteiger partial charge is 0.119 e. The van der Waals surface area contributed by atoms with Gasteiger partial charge in [-0.15, -0.1) is 0 Å². The number of hydrogen-bond acceptors (Lipinski definition) is 2. The van der Waals surface area contributed by atoms with E-state index in [0.717, 1.165) is 18.8 Å². The molecule has 0 heterocycles. The second-order valence-corrected chi connectivity index (χ2v) is 7.07. The molecule has 0 fully saturated rings. The average Bonchev–Trinajstić information content (AvgIpc) is 2.29. The van der Waals surface area contributed by atoms with E-state index < -0.39 is 0 Å². The van der Waals surface area contributed by atoms with Gasteiger partial charge in [0.25, 0.3) is 0 Å². The minimum atomic E-state index is 0.397. The Morgan fingerprint density at radius 2 is 1.68 bits per heavy atom. The molecule has 1 rings (SSSR count). The van der Waals surface area contributed by atoms with Gasteiger partial charge in [0.2, 0.25) is 0 Å². The van der Waals surface area contributed by atoms with Gasteiger partial charge < -0.3 is 10.1 Å². The van der Waals surface area contributed by atoms with Crippen LogP contribution in [0.25, 0.3) is 0 Å². The maximum absolute atomic E-state index is 5.77. The van der Waals surface area contributed by atoms with Gasteiger partial charge in [-0.3, -0.25) is 0 Å². The highest BCUT2D eigenvalue weighted by Crippen LogP contribution is 2.26. The van der Waals surface area contributed by atoms with Gasteiger partial charge in [0.15, 0.2) is 0 Å². The van der Waals surface area contributed by atoms with E-state index in [-0.39, 0.29) is 0 Å². The van der Waals surface area contributed by atoms with Gasteiger partial charge in [-0.25, -0.2) is 0 Å². The topological polar surface area (TPSA) is 21.3 Å². The summed E-state index contributed by atoms with van der Waals surface area (Å²) in [6.45, 7) is 13.6. The lowest BCUT2D eigenvalue weighted by Gasteiger charge is -2.18. The van der Waals surface area contributed by atoms with Crippen molar-refractivity contribution in [3.8, 4) is 5.75 Å². The Bertz CT molecular complexity index is 387. The molecule has 0 atom stereocenters. The van der Waals surface area contributed by atoms with Gasteiger partial charge in [0.05, 0.1) is 0 Å². The zero-order chi connectivity index (χ0) is 14.5. The Balaban J connectivity index is 2.27. The number of benzene rings is 1. The van der Waals surface area contributed by atoms with Crippen LogP contribution in [0.15, 0.2) is 16.6 Å². The molecule has 1 aromatic carbocycles. The summed E-state index contributed by atoms with van der Waals surface area (Å²) in [5.74, 6) is 0.954. The first-order valence-corrected chi connectivity index (χ1v) is 7.69. The highest BCUT2D eigenvalue weighted by molar-refractivity contribution is 9.10. The van der Waals surface area contributed by atoms with Crippen molar-refractivity contribution >= 4 is 15.9 Å². The fraction of sp³-hybridized carbons (Fsp3) is 0.625. The lowest BCUT2D eigenvalue weighted by atomic mass is 9.92. The first-order chi connectivity index (χ1) is 8.79. The molecule has 0 bridgehead atoms. The van der Waals surface area contributed by atoms with E-state index in [1.54, 1.807) is 0 Å². The fourth-order valence-corrected chi connectivity index (χ4v) is 2.05. The minimum Gasteiger partial charge on any atom is -0.492 e. The van der Waals surface area contributed by atoms with Crippen LogP contribution in [0, 0.1) is 19.3 Å². The molecule has 1 aromatic rings. The molecule has 2 nitrogen and oxygen atoms in total. The van der Waals surface area contributed by atoms with Crippen molar-refractivity contribution in [2.24, 2.45) is 5.41 Å². The molecular formula is C16H26BrNO. The van der Waals surface area contributed by atoms with Gasteiger partial charge in [-0.2, -0.15) is 0 Å². The molecule has 0 radical (unpaired) electrons. The van der Waals surface area contributed by atoms with E-state index in [4.69, 9.17) is 4.74 Å². The van der Waals surface area contributed by atoms with E-state index in [1.165, 1.54) is 22.0 Å². The van der Waals surface area contributed by atoms with Gasteiger partial charge in [-0.1, -0.05) is 36.7 Å². The molecule has 108 valence electrons. The number of ether oxygens (including phenoxy) is 1. The third kappa shape index (κ3) is 6.44. The molecule has 1 N–H and O–H groups in total. The number of nitrogens with one attached hydrogen (secondary N) is 1. The van der Waals surface area contributed by atoms with E-state index in [0.29, 0.717) is 12.0 Å². The Morgan fingerprint density at radius 1 is 1.11 bits per heavy atom. The zero-order valence-electron chi connectivity index (χ0n) is 12.8. The molecule has 0 aliphatic carbocycles. The summed E-state index contributed by atoms with van der Waals surface area (Å²) < 4.78 is 6.94. The number of halogens is 1. The van der Waals surface area contributed by atoms with E-state index in [9.17, 15) is 0 Å². The summed E-state index contributed by atoms with van der Waals surface area (Å²) in [6.07, 6.45) is 1.18. The molecule has 19 heavy (non-hydrogen) atoms. The quantitative estimate of drug-likeness (QED) is 0.778. The van der Waals surface area contributed by atoms with E-state index in [2.05, 4.69) is 68.0 Å². The minimum absolute atomic E-state index is 0.397. The fourth-order valence-electron chi connectivity index (χ4n) is 1.82. The average molecular weight is 328 g/mol. The van der Waals surface area contributed by atoms with Crippen LogP contribution in [-0.4, -0.2) is 19.7 Å². The Labute approximate surface area is 126 Å². The summed E-state index contributed by atoms with van der Waals surface area (Å²) in [6, 6.07) is 4.15. The number of hydrogen-bond donors (Lipinski definition) is 1. The second kappa shape index (κ2) is 7.30. The standard InChI is InChI=1S/C16H26BrNO/c1-12-10-14(11-13(2)15(12)17)19-9-8-18-7-6-16(3,4)5/h10-11,18H,6-9H2,1-5H3. The van der Waals surface area contributed by atoms with Crippen LogP contribution >= 0.6 is 15.9 Å². The van der Waals surface area contributed by atoms with E-state index >= 15 is 0 Å². The number of aryl methyl sites for hydroxylation is 2. The molecule has 0 aromatic heterocycles. The van der Waals surface area contributed by atoms with Crippen LogP contribution in [-0.2, 0) is 0 Å². The van der Waals surface area contributed by atoms with Crippen LogP contribution < -0.4 is 10.1 Å². The lowest BCUT2D eigenvalue weighted by molar-refractivity contribution is 0.303. The van der Waals surface area contributed by atoms with Crippen molar-refractivity contribution in [1.82, 2.24) is 5.32 Å². The van der Waals surface area contributed by atoms with Crippen molar-refractivity contribution in [1.29, 1.82) is 0 Å². The predicted molar refractivity (Wildman–Crippen MR) is 86.1 cm³/mol. The largest absolute Gasteiger partial charge is 0.492 e. The first kappa shape index (κ1) is 16.5. The Kier molecular flexibility index (Phi) is 6.34. The van der Waals surface area contributed by atoms with Crippen molar-refractivity contribution < 1.29 is 4.74 Å². The third-order valence-corrected chi connectivity index (χ3v) is 4.26. The Hall–Kier alpha value is -0.540. The SMILES string of the molecule is Cc1cc(OCCNCCC(C)(C)C)cc(C)c1Br. The normalized spacial score (nSPS) is 11.7. The van der Waals surface area contributed by atoms with Crippen molar-refractivity contribution in [3.05, 3.63) is 27.7 Å². The van der Waals surface area contributed by atoms with E-state index in [1.807, 2.05) is 0 Å². The Morgan fingerprint density at radius 3 is 2.21 bits per heavy atom. The highest BCUT2D eigenvalue weighted by Gasteiger charge is 2.08. The van der Waals surface area contributed by atoms with Crippen molar-refractivity contribution in [2.75, 3.05) is 19.7 Å². The lowest BCUT2D eigenvalue weighted by Crippen LogP contribution is -2.25. The molecule has 0 aliphatic heterocycles. The molecule has 0 aliphatic rings. The summed E-state index contributed by atoms with van der Waals surface area (Å²) in [7, 11) is 0. The highest BCUT2D eigenvalue weighted by atomic mass is 79.9. The number of rotatable bonds is 6. The first-order valence-electron chi connectivity index (χ1n) is 6.90. The monoisotopic (exact) mass is 327 g/mol. The molecule has 0 saturated heterocycles. The summed E-state index contributed by atoms with van der Waals surface area (Å²) in [4.78, 5) is 0. The third-order valence-electron chi connectivity index (χ3n) is 3.01. The van der Waals surface area contributed by atoms with Gasteiger partial charge in [0.1, 0.15) is 12.4 Å². The van der Waals surface area contributed by atoms with Crippen LogP contribution in [0.4, 0.5) is 0 Å². The summed E-state index contributed by atoms with van der Waals surface area (Å²) in [5.41, 5.74) is 2.83. The maximum atomic E-state index is 5.77. The van der Waals surface area contributed by atoms with Crippen LogP contribution in [0.1, 0.15) is 38.3 Å². The molecule has 0 spiro atoms. The molecule has 0 saturated carbocycles. The van der Waals surface area contributed by atoms with Crippen LogP contribution in [0.2, 0.25) is 0 Å². The molecular weight excluding hydrogens is 302 g/mol. The van der Waals surface area contributed by atoms with Crippen LogP contribution in [0.3, 0.4) is 0 Å². The summed E-state index contributed by atoms with van der Waals surface area (Å²) in [5, 5.41) is 3.42. The van der Waals surface area contributed by atoms with Crippen molar-refractivity contribution in [2.45, 2.75) is 41.0 Å². The molecule has 3 heteroatoms. The van der Waals surface area contributed by atoms with Gasteiger partial charge in [0, 0.05) is 11.0 Å². The second-order valence-electron chi connectivity index (χ2n) is 6.28. The molecule has 0 unspecified atom stereocenters. The zero-order valence-corrected chi connectivity index (χ0v) is 14.4. The molecule has 0 amide bonds. The van der Waals surface area contributed by atoms with Gasteiger partial charge in [-0.05, 0) is 55.5 Å². The van der Waals surface area contributed by atoms with Gasteiger partial charge >= 0.3 is 0 Å². The van der Waals surface area contributed by atoms with Crippen molar-refractivity contribution in [3.63, 3.8) is 0 Å². The summed E-state index contributed by atoms with van der Waals surface area (Å²) >= 11 is 3.57. The van der Waals surface area contributed by atoms with Crippen LogP contribution in [0.5, 0.6) is 5.75 Å². The predicted octanol–water partition coefficient (Wildman–Crippen LogP) is 4.47.